The molecule has 1 unspecified atom stereocenters. The van der Waals surface area contributed by atoms with Crippen molar-refractivity contribution in [2.75, 3.05) is 18.8 Å². The first kappa shape index (κ1) is 13.4. The SMILES string of the molecule is CCNC(=O)CN=C1NC(CC(C)C)CS1. The molecule has 2 N–H and O–H groups in total. The zero-order chi connectivity index (χ0) is 12.0. The second-order valence-corrected chi connectivity index (χ2v) is 5.37. The fourth-order valence-corrected chi connectivity index (χ4v) is 2.61. The number of amidine groups is 1. The summed E-state index contributed by atoms with van der Waals surface area (Å²) in [7, 11) is 0. The van der Waals surface area contributed by atoms with Crippen LogP contribution in [-0.2, 0) is 4.79 Å². The lowest BCUT2D eigenvalue weighted by molar-refractivity contribution is -0.119. The number of carbonyl (C=O) groups is 1. The number of amides is 1. The van der Waals surface area contributed by atoms with Gasteiger partial charge >= 0.3 is 0 Å². The Balaban J connectivity index is 2.29. The number of hydrogen-bond donors (Lipinski definition) is 2. The largest absolute Gasteiger partial charge is 0.361 e. The van der Waals surface area contributed by atoms with Gasteiger partial charge in [0.2, 0.25) is 5.91 Å². The van der Waals surface area contributed by atoms with Crippen LogP contribution in [0.3, 0.4) is 0 Å². The van der Waals surface area contributed by atoms with Crippen molar-refractivity contribution in [2.45, 2.75) is 33.2 Å². The maximum absolute atomic E-state index is 11.2. The summed E-state index contributed by atoms with van der Waals surface area (Å²) >= 11 is 1.71. The first-order valence-electron chi connectivity index (χ1n) is 5.82. The number of carbonyl (C=O) groups excluding carboxylic acids is 1. The summed E-state index contributed by atoms with van der Waals surface area (Å²) in [6.07, 6.45) is 1.16. The Morgan fingerprint density at radius 2 is 2.44 bits per heavy atom. The van der Waals surface area contributed by atoms with Crippen LogP contribution in [0.2, 0.25) is 0 Å². The highest BCUT2D eigenvalue weighted by Gasteiger charge is 2.20. The molecule has 1 rings (SSSR count). The molecule has 92 valence electrons. The van der Waals surface area contributed by atoms with Crippen molar-refractivity contribution < 1.29 is 4.79 Å². The number of rotatable bonds is 5. The second kappa shape index (κ2) is 6.78. The monoisotopic (exact) mass is 243 g/mol. The van der Waals surface area contributed by atoms with Gasteiger partial charge in [0.25, 0.3) is 0 Å². The van der Waals surface area contributed by atoms with Crippen LogP contribution in [-0.4, -0.2) is 36.0 Å². The van der Waals surface area contributed by atoms with Crippen molar-refractivity contribution in [3.05, 3.63) is 0 Å². The molecule has 0 aromatic rings. The topological polar surface area (TPSA) is 53.5 Å². The highest BCUT2D eigenvalue weighted by molar-refractivity contribution is 8.14. The summed E-state index contributed by atoms with van der Waals surface area (Å²) < 4.78 is 0. The molecule has 0 saturated carbocycles. The molecule has 0 spiro atoms. The van der Waals surface area contributed by atoms with E-state index in [0.29, 0.717) is 18.5 Å². The lowest BCUT2D eigenvalue weighted by Crippen LogP contribution is -2.30. The van der Waals surface area contributed by atoms with E-state index in [1.54, 1.807) is 11.8 Å². The van der Waals surface area contributed by atoms with Gasteiger partial charge in [-0.25, -0.2) is 0 Å². The first-order chi connectivity index (χ1) is 7.61. The molecule has 0 radical (unpaired) electrons. The van der Waals surface area contributed by atoms with Gasteiger partial charge in [0.1, 0.15) is 6.54 Å². The average Bonchev–Trinajstić information content (AvgIpc) is 2.62. The molecular weight excluding hydrogens is 222 g/mol. The molecular formula is C11H21N3OS. The smallest absolute Gasteiger partial charge is 0.241 e. The van der Waals surface area contributed by atoms with E-state index in [1.165, 1.54) is 0 Å². The molecule has 1 saturated heterocycles. The van der Waals surface area contributed by atoms with E-state index in [1.807, 2.05) is 6.92 Å². The molecule has 0 bridgehead atoms. The van der Waals surface area contributed by atoms with Gasteiger partial charge < -0.3 is 10.6 Å². The molecule has 16 heavy (non-hydrogen) atoms. The van der Waals surface area contributed by atoms with Crippen LogP contribution >= 0.6 is 11.8 Å². The van der Waals surface area contributed by atoms with Crippen molar-refractivity contribution in [3.63, 3.8) is 0 Å². The standard InChI is InChI=1S/C11H21N3OS/c1-4-12-10(15)6-13-11-14-9(7-16-11)5-8(2)3/h8-9H,4-7H2,1-3H3,(H,12,15)(H,13,14). The number of nitrogens with zero attached hydrogens (tertiary/aromatic N) is 1. The fraction of sp³-hybridized carbons (Fsp3) is 0.818. The molecule has 1 aliphatic heterocycles. The van der Waals surface area contributed by atoms with E-state index < -0.39 is 0 Å². The number of aliphatic imine (C=N–C) groups is 1. The second-order valence-electron chi connectivity index (χ2n) is 4.36. The summed E-state index contributed by atoms with van der Waals surface area (Å²) in [4.78, 5) is 15.5. The van der Waals surface area contributed by atoms with Crippen molar-refractivity contribution in [1.29, 1.82) is 0 Å². The predicted molar refractivity (Wildman–Crippen MR) is 69.8 cm³/mol. The third-order valence-corrected chi connectivity index (χ3v) is 3.33. The summed E-state index contributed by atoms with van der Waals surface area (Å²) in [5.41, 5.74) is 0. The molecule has 5 heteroatoms. The Hall–Kier alpha value is -0.710. The summed E-state index contributed by atoms with van der Waals surface area (Å²) in [5.74, 6) is 1.75. The third-order valence-electron chi connectivity index (χ3n) is 2.24. The molecule has 1 atom stereocenters. The van der Waals surface area contributed by atoms with Crippen LogP contribution in [0.1, 0.15) is 27.2 Å². The van der Waals surface area contributed by atoms with Crippen LogP contribution in [0, 0.1) is 5.92 Å². The average molecular weight is 243 g/mol. The number of nitrogens with one attached hydrogen (secondary N) is 2. The van der Waals surface area contributed by atoms with Crippen molar-refractivity contribution >= 4 is 22.8 Å². The van der Waals surface area contributed by atoms with Crippen molar-refractivity contribution in [1.82, 2.24) is 10.6 Å². The Kier molecular flexibility index (Phi) is 5.66. The maximum atomic E-state index is 11.2. The minimum absolute atomic E-state index is 0.00953. The van der Waals surface area contributed by atoms with Gasteiger partial charge in [0, 0.05) is 18.3 Å². The number of likely N-dealkylation sites (N-methyl/N-ethyl adjacent to an activating group) is 1. The van der Waals surface area contributed by atoms with Crippen LogP contribution in [0.15, 0.2) is 4.99 Å². The molecule has 1 heterocycles. The van der Waals surface area contributed by atoms with Gasteiger partial charge in [-0.3, -0.25) is 9.79 Å². The van der Waals surface area contributed by atoms with E-state index >= 15 is 0 Å². The molecule has 0 aromatic heterocycles. The highest BCUT2D eigenvalue weighted by atomic mass is 32.2. The zero-order valence-corrected chi connectivity index (χ0v) is 11.1. The van der Waals surface area contributed by atoms with Crippen molar-refractivity contribution in [2.24, 2.45) is 10.9 Å². The van der Waals surface area contributed by atoms with Gasteiger partial charge in [-0.2, -0.15) is 0 Å². The van der Waals surface area contributed by atoms with E-state index in [4.69, 9.17) is 0 Å². The van der Waals surface area contributed by atoms with Crippen LogP contribution in [0.25, 0.3) is 0 Å². The van der Waals surface area contributed by atoms with Gasteiger partial charge in [-0.15, -0.1) is 0 Å². The van der Waals surface area contributed by atoms with Gasteiger partial charge in [-0.1, -0.05) is 25.6 Å². The van der Waals surface area contributed by atoms with E-state index in [-0.39, 0.29) is 12.5 Å². The Labute approximate surface area is 102 Å². The van der Waals surface area contributed by atoms with E-state index in [0.717, 1.165) is 17.3 Å². The minimum atomic E-state index is -0.00953. The highest BCUT2D eigenvalue weighted by Crippen LogP contribution is 2.18. The molecule has 1 amide bonds. The molecule has 1 fully saturated rings. The molecule has 0 aliphatic carbocycles. The van der Waals surface area contributed by atoms with Crippen LogP contribution < -0.4 is 10.6 Å². The Morgan fingerprint density at radius 1 is 1.69 bits per heavy atom. The van der Waals surface area contributed by atoms with Gasteiger partial charge in [-0.05, 0) is 19.3 Å². The van der Waals surface area contributed by atoms with E-state index in [9.17, 15) is 4.79 Å². The summed E-state index contributed by atoms with van der Waals surface area (Å²) in [6, 6.07) is 0.512. The zero-order valence-electron chi connectivity index (χ0n) is 10.2. The number of hydrogen-bond acceptors (Lipinski definition) is 3. The lowest BCUT2D eigenvalue weighted by Gasteiger charge is -2.11. The lowest BCUT2D eigenvalue weighted by atomic mass is 10.1. The summed E-state index contributed by atoms with van der Waals surface area (Å²) in [6.45, 7) is 7.25. The Morgan fingerprint density at radius 3 is 3.06 bits per heavy atom. The van der Waals surface area contributed by atoms with Gasteiger partial charge in [0.05, 0.1) is 0 Å². The van der Waals surface area contributed by atoms with E-state index in [2.05, 4.69) is 29.5 Å². The Bertz CT molecular complexity index is 266. The minimum Gasteiger partial charge on any atom is -0.361 e. The first-order valence-corrected chi connectivity index (χ1v) is 6.80. The fourth-order valence-electron chi connectivity index (χ4n) is 1.62. The predicted octanol–water partition coefficient (Wildman–Crippen LogP) is 1.23. The van der Waals surface area contributed by atoms with Gasteiger partial charge in [0.15, 0.2) is 5.17 Å². The normalized spacial score (nSPS) is 22.5. The molecule has 0 aromatic carbocycles. The maximum Gasteiger partial charge on any atom is 0.241 e. The van der Waals surface area contributed by atoms with Crippen molar-refractivity contribution in [3.8, 4) is 0 Å². The third kappa shape index (κ3) is 4.88. The van der Waals surface area contributed by atoms with Crippen LogP contribution in [0.5, 0.6) is 0 Å². The molecule has 1 aliphatic rings. The molecule has 4 nitrogen and oxygen atoms in total. The summed E-state index contributed by atoms with van der Waals surface area (Å²) in [5, 5.41) is 7.00. The number of thioether (sulfide) groups is 1. The quantitative estimate of drug-likeness (QED) is 0.763. The van der Waals surface area contributed by atoms with Crippen LogP contribution in [0.4, 0.5) is 0 Å².